The molecule has 12 rings (SSSR count). The van der Waals surface area contributed by atoms with Crippen LogP contribution in [0.15, 0.2) is 219 Å². The van der Waals surface area contributed by atoms with Crippen molar-refractivity contribution in [2.75, 3.05) is 4.90 Å². The van der Waals surface area contributed by atoms with E-state index >= 15 is 0 Å². The summed E-state index contributed by atoms with van der Waals surface area (Å²) < 4.78 is 7.28. The normalized spacial score (nSPS) is 29.6. The third-order valence-corrected chi connectivity index (χ3v) is 18.7. The molecule has 10 aliphatic carbocycles. The van der Waals surface area contributed by atoms with E-state index in [1.54, 1.807) is 0 Å². The van der Waals surface area contributed by atoms with Gasteiger partial charge in [-0.05, 0) is 172 Å². The summed E-state index contributed by atoms with van der Waals surface area (Å²) in [6, 6.07) is 7.57. The number of hydrogen-bond donors (Lipinski definition) is 0. The van der Waals surface area contributed by atoms with E-state index in [-0.39, 0.29) is 39.7 Å². The van der Waals surface area contributed by atoms with Crippen molar-refractivity contribution in [3.8, 4) is 0 Å². The SMILES string of the molecule is CC(C)(C)C1=CC(N(C2=CC3=CC=C4C=CCCC4C3C=C2)C2C=CC3=C(C2)OC2C=C4C=C(N(C5=CC=C6C7=CC=CCC7C=CC6C5)c5cc(C(C)(C)C)cc(C(C)(C)C)c5)CCC4=CC32)=CC(C(C)(C)C)C1. The molecule has 0 spiro atoms. The van der Waals surface area contributed by atoms with E-state index < -0.39 is 0 Å². The fraction of sp³-hybridized carbons (Fsp3) is 0.444. The molecule has 0 radical (unpaired) electrons. The number of fused-ring (bicyclic) bond motifs is 9. The Morgan fingerprint density at radius 2 is 1.35 bits per heavy atom. The predicted octanol–water partition coefficient (Wildman–Crippen LogP) is 18.3. The van der Waals surface area contributed by atoms with E-state index in [1.165, 1.54) is 90.6 Å². The molecule has 8 unspecified atom stereocenters. The standard InChI is InChI=1S/C72H84N2O/c1-69(2,3)51-38-52(70(4,5)6)41-59(40-51)73(56-27-30-63-48(33-56)23-21-45-17-13-15-19-61(45)63)55-26-25-47-36-66-65-32-29-58(44-68(65)75-67(66)37-50(47)35-55)74(60-42-53(71(7,8)9)39-54(43-60)72(10,11)12)57-28-31-64-49(34-57)24-22-46-18-14-16-20-62(46)64/h13-15,18-19,21-24,27-32,34-38,40-43,45,48,53,58,62,64,66-67H,16-17,20,25-26,33,39,44H2,1-12H3. The summed E-state index contributed by atoms with van der Waals surface area (Å²) in [7, 11) is 0. The van der Waals surface area contributed by atoms with Gasteiger partial charge in [0.05, 0.1) is 6.04 Å². The lowest BCUT2D eigenvalue weighted by molar-refractivity contribution is 0.148. The topological polar surface area (TPSA) is 15.7 Å². The summed E-state index contributed by atoms with van der Waals surface area (Å²) in [6.45, 7) is 28.6. The van der Waals surface area contributed by atoms with E-state index in [0.29, 0.717) is 29.6 Å². The molecule has 1 aromatic rings. The van der Waals surface area contributed by atoms with E-state index in [9.17, 15) is 0 Å². The first-order valence-electron chi connectivity index (χ1n) is 29.0. The van der Waals surface area contributed by atoms with E-state index in [0.717, 1.165) is 50.7 Å². The van der Waals surface area contributed by atoms with E-state index in [4.69, 9.17) is 4.74 Å². The smallest absolute Gasteiger partial charge is 0.128 e. The lowest BCUT2D eigenvalue weighted by Crippen LogP contribution is -2.37. The van der Waals surface area contributed by atoms with Crippen LogP contribution in [0.3, 0.4) is 0 Å². The van der Waals surface area contributed by atoms with Crippen molar-refractivity contribution in [1.82, 2.24) is 4.90 Å². The summed E-state index contributed by atoms with van der Waals surface area (Å²) >= 11 is 0. The first kappa shape index (κ1) is 50.0. The Bertz CT molecular complexity index is 3110. The summed E-state index contributed by atoms with van der Waals surface area (Å²) in [6.07, 6.45) is 60.0. The van der Waals surface area contributed by atoms with Crippen LogP contribution in [0.2, 0.25) is 0 Å². The van der Waals surface area contributed by atoms with Gasteiger partial charge in [-0.15, -0.1) is 0 Å². The van der Waals surface area contributed by atoms with Gasteiger partial charge in [0.1, 0.15) is 11.9 Å². The van der Waals surface area contributed by atoms with Crippen LogP contribution in [0.5, 0.6) is 0 Å². The second-order valence-corrected chi connectivity index (χ2v) is 28.0. The van der Waals surface area contributed by atoms with Crippen molar-refractivity contribution in [2.45, 2.75) is 157 Å². The molecule has 1 aromatic carbocycles. The van der Waals surface area contributed by atoms with E-state index in [2.05, 4.69) is 239 Å². The van der Waals surface area contributed by atoms with Gasteiger partial charge in [-0.1, -0.05) is 186 Å². The molecule has 0 bridgehead atoms. The Balaban J connectivity index is 0.884. The van der Waals surface area contributed by atoms with Crippen molar-refractivity contribution in [3.63, 3.8) is 0 Å². The van der Waals surface area contributed by atoms with Crippen LogP contribution in [-0.2, 0) is 15.6 Å². The maximum atomic E-state index is 7.28. The van der Waals surface area contributed by atoms with Gasteiger partial charge in [0.25, 0.3) is 0 Å². The Labute approximate surface area is 451 Å². The molecule has 0 aromatic heterocycles. The minimum absolute atomic E-state index is 0.00892. The summed E-state index contributed by atoms with van der Waals surface area (Å²) in [5.74, 6) is 3.68. The molecule has 0 amide bonds. The van der Waals surface area contributed by atoms with Crippen LogP contribution >= 0.6 is 0 Å². The Hall–Kier alpha value is -5.80. The van der Waals surface area contributed by atoms with Crippen LogP contribution in [0, 0.1) is 46.3 Å². The van der Waals surface area contributed by atoms with Gasteiger partial charge in [-0.3, -0.25) is 0 Å². The van der Waals surface area contributed by atoms with Crippen molar-refractivity contribution >= 4 is 5.69 Å². The highest BCUT2D eigenvalue weighted by Crippen LogP contribution is 2.51. The average Bonchev–Trinajstić information content (AvgIpc) is 3.73. The number of hydrogen-bond acceptors (Lipinski definition) is 3. The fourth-order valence-corrected chi connectivity index (χ4v) is 14.0. The first-order valence-corrected chi connectivity index (χ1v) is 29.0. The van der Waals surface area contributed by atoms with Gasteiger partial charge >= 0.3 is 0 Å². The monoisotopic (exact) mass is 993 g/mol. The average molecular weight is 993 g/mol. The van der Waals surface area contributed by atoms with Crippen LogP contribution in [0.25, 0.3) is 0 Å². The van der Waals surface area contributed by atoms with Crippen LogP contribution in [0.4, 0.5) is 5.69 Å². The zero-order valence-corrected chi connectivity index (χ0v) is 47.4. The summed E-state index contributed by atoms with van der Waals surface area (Å²) in [5.41, 5.74) is 21.3. The van der Waals surface area contributed by atoms with Crippen LogP contribution < -0.4 is 4.90 Å². The Kier molecular flexibility index (Phi) is 12.3. The number of nitrogens with zero attached hydrogens (tertiary/aromatic N) is 2. The molecule has 3 nitrogen and oxygen atoms in total. The van der Waals surface area contributed by atoms with Gasteiger partial charge in [0.2, 0.25) is 0 Å². The molecule has 75 heavy (non-hydrogen) atoms. The molecule has 0 N–H and O–H groups in total. The molecule has 0 saturated heterocycles. The van der Waals surface area contributed by atoms with Crippen LogP contribution in [0.1, 0.15) is 146 Å². The zero-order valence-electron chi connectivity index (χ0n) is 47.4. The predicted molar refractivity (Wildman–Crippen MR) is 315 cm³/mol. The molecule has 0 fully saturated rings. The molecule has 3 heteroatoms. The Morgan fingerprint density at radius 3 is 2.11 bits per heavy atom. The van der Waals surface area contributed by atoms with Crippen molar-refractivity contribution < 1.29 is 4.74 Å². The minimum Gasteiger partial charge on any atom is -0.489 e. The lowest BCUT2D eigenvalue weighted by Gasteiger charge is -2.43. The lowest BCUT2D eigenvalue weighted by atomic mass is 9.69. The maximum absolute atomic E-state index is 7.28. The molecule has 1 heterocycles. The van der Waals surface area contributed by atoms with Gasteiger partial charge < -0.3 is 14.5 Å². The number of anilines is 1. The number of ether oxygens (including phenoxy) is 1. The molecule has 11 aliphatic rings. The Morgan fingerprint density at radius 1 is 0.587 bits per heavy atom. The molecule has 388 valence electrons. The van der Waals surface area contributed by atoms with Gasteiger partial charge in [0, 0.05) is 64.1 Å². The third kappa shape index (κ3) is 9.41. The summed E-state index contributed by atoms with van der Waals surface area (Å²) in [4.78, 5) is 5.35. The molecule has 1 aliphatic heterocycles. The molecular formula is C72H84N2O. The highest BCUT2D eigenvalue weighted by atomic mass is 16.5. The fourth-order valence-electron chi connectivity index (χ4n) is 14.0. The first-order chi connectivity index (χ1) is 35.6. The zero-order chi connectivity index (χ0) is 52.3. The number of allylic oxidation sites excluding steroid dienone is 27. The third-order valence-electron chi connectivity index (χ3n) is 18.7. The quantitative estimate of drug-likeness (QED) is 0.264. The van der Waals surface area contributed by atoms with Gasteiger partial charge in [-0.2, -0.15) is 0 Å². The molecular weight excluding hydrogens is 909 g/mol. The second-order valence-electron chi connectivity index (χ2n) is 28.0. The molecule has 8 atom stereocenters. The van der Waals surface area contributed by atoms with Crippen molar-refractivity contribution in [3.05, 3.63) is 230 Å². The highest BCUT2D eigenvalue weighted by molar-refractivity contribution is 5.67. The van der Waals surface area contributed by atoms with Gasteiger partial charge in [0.15, 0.2) is 0 Å². The maximum Gasteiger partial charge on any atom is 0.128 e. The number of rotatable bonds is 6. The largest absolute Gasteiger partial charge is 0.489 e. The van der Waals surface area contributed by atoms with Crippen LogP contribution in [-0.4, -0.2) is 17.0 Å². The number of benzene rings is 1. The second kappa shape index (κ2) is 18.5. The van der Waals surface area contributed by atoms with Crippen molar-refractivity contribution in [1.29, 1.82) is 0 Å². The highest BCUT2D eigenvalue weighted by Gasteiger charge is 2.43. The minimum atomic E-state index is -0.0251. The van der Waals surface area contributed by atoms with E-state index in [1.807, 2.05) is 0 Å². The van der Waals surface area contributed by atoms with Gasteiger partial charge in [-0.25, -0.2) is 0 Å². The van der Waals surface area contributed by atoms with Crippen molar-refractivity contribution in [2.24, 2.45) is 46.3 Å². The summed E-state index contributed by atoms with van der Waals surface area (Å²) in [5, 5.41) is 0. The molecule has 0 saturated carbocycles.